The van der Waals surface area contributed by atoms with Crippen LogP contribution in [-0.2, 0) is 17.8 Å². The first-order chi connectivity index (χ1) is 12.6. The molecular formula is C21H22N4O. The minimum absolute atomic E-state index is 0.390. The van der Waals surface area contributed by atoms with Gasteiger partial charge in [-0.05, 0) is 41.3 Å². The van der Waals surface area contributed by atoms with E-state index < -0.39 is 11.9 Å². The minimum atomic E-state index is -0.533. The summed E-state index contributed by atoms with van der Waals surface area (Å²) in [5.74, 6) is -0.390. The van der Waals surface area contributed by atoms with Crippen molar-refractivity contribution in [1.82, 2.24) is 15.3 Å². The molecule has 1 atom stereocenters. The van der Waals surface area contributed by atoms with E-state index in [-0.39, 0.29) is 0 Å². The Kier molecular flexibility index (Phi) is 5.71. The smallest absolute Gasteiger partial charge is 0.239 e. The maximum Gasteiger partial charge on any atom is 0.239 e. The van der Waals surface area contributed by atoms with E-state index >= 15 is 0 Å². The highest BCUT2D eigenvalue weighted by Gasteiger charge is 2.17. The van der Waals surface area contributed by atoms with Crippen LogP contribution in [0.1, 0.15) is 33.9 Å². The summed E-state index contributed by atoms with van der Waals surface area (Å²) in [5.41, 5.74) is 10.9. The number of nitrogens with two attached hydrogens (primary N) is 1. The average molecular weight is 346 g/mol. The van der Waals surface area contributed by atoms with Crippen molar-refractivity contribution in [2.75, 3.05) is 0 Å². The van der Waals surface area contributed by atoms with Crippen LogP contribution >= 0.6 is 0 Å². The van der Waals surface area contributed by atoms with E-state index in [1.54, 1.807) is 12.4 Å². The number of aryl methyl sites for hydroxylation is 1. The fourth-order valence-corrected chi connectivity index (χ4v) is 2.95. The van der Waals surface area contributed by atoms with E-state index in [9.17, 15) is 4.79 Å². The Hall–Kier alpha value is -3.05. The van der Waals surface area contributed by atoms with Gasteiger partial charge in [0.2, 0.25) is 5.91 Å². The fourth-order valence-electron chi connectivity index (χ4n) is 2.95. The van der Waals surface area contributed by atoms with Crippen molar-refractivity contribution in [2.45, 2.75) is 25.9 Å². The lowest BCUT2D eigenvalue weighted by molar-refractivity contribution is -0.120. The fraction of sp³-hybridized carbons (Fsp3) is 0.190. The van der Waals surface area contributed by atoms with Crippen molar-refractivity contribution in [3.8, 4) is 0 Å². The highest BCUT2D eigenvalue weighted by Crippen LogP contribution is 2.17. The van der Waals surface area contributed by atoms with Crippen LogP contribution in [0.25, 0.3) is 0 Å². The normalized spacial score (nSPS) is 11.9. The van der Waals surface area contributed by atoms with E-state index in [0.717, 1.165) is 34.2 Å². The number of amides is 1. The van der Waals surface area contributed by atoms with E-state index in [1.165, 1.54) is 0 Å². The van der Waals surface area contributed by atoms with E-state index in [1.807, 2.05) is 61.8 Å². The van der Waals surface area contributed by atoms with Crippen LogP contribution in [0.5, 0.6) is 0 Å². The highest BCUT2D eigenvalue weighted by molar-refractivity contribution is 5.81. The van der Waals surface area contributed by atoms with Crippen molar-refractivity contribution < 1.29 is 4.79 Å². The first-order valence-corrected chi connectivity index (χ1v) is 8.53. The molecule has 0 bridgehead atoms. The number of carbonyl (C=O) groups is 1. The SMILES string of the molecule is Cc1cccc(C(NCc2ccncc2Cc2cccnc2)C(N)=O)c1. The van der Waals surface area contributed by atoms with Gasteiger partial charge in [0.1, 0.15) is 6.04 Å². The van der Waals surface area contributed by atoms with Gasteiger partial charge >= 0.3 is 0 Å². The number of nitrogens with zero attached hydrogens (tertiary/aromatic N) is 2. The predicted molar refractivity (Wildman–Crippen MR) is 101 cm³/mol. The number of pyridine rings is 2. The zero-order chi connectivity index (χ0) is 18.4. The molecule has 2 heterocycles. The molecule has 1 aromatic carbocycles. The van der Waals surface area contributed by atoms with E-state index in [0.29, 0.717) is 6.54 Å². The summed E-state index contributed by atoms with van der Waals surface area (Å²) in [7, 11) is 0. The van der Waals surface area contributed by atoms with Gasteiger partial charge in [-0.25, -0.2) is 0 Å². The van der Waals surface area contributed by atoms with Gasteiger partial charge in [-0.1, -0.05) is 35.9 Å². The molecule has 0 aliphatic rings. The maximum absolute atomic E-state index is 11.9. The van der Waals surface area contributed by atoms with Crippen molar-refractivity contribution in [3.63, 3.8) is 0 Å². The van der Waals surface area contributed by atoms with Crippen molar-refractivity contribution in [1.29, 1.82) is 0 Å². The Morgan fingerprint density at radius 2 is 1.92 bits per heavy atom. The van der Waals surface area contributed by atoms with Crippen LogP contribution < -0.4 is 11.1 Å². The predicted octanol–water partition coefficient (Wildman–Crippen LogP) is 2.69. The molecule has 1 amide bonds. The second-order valence-electron chi connectivity index (χ2n) is 6.31. The average Bonchev–Trinajstić information content (AvgIpc) is 2.64. The number of hydrogen-bond donors (Lipinski definition) is 2. The summed E-state index contributed by atoms with van der Waals surface area (Å²) in [5, 5.41) is 3.29. The Labute approximate surface area is 153 Å². The van der Waals surface area contributed by atoms with E-state index in [4.69, 9.17) is 5.73 Å². The number of benzene rings is 1. The van der Waals surface area contributed by atoms with Crippen LogP contribution in [0.2, 0.25) is 0 Å². The number of rotatable bonds is 7. The number of nitrogens with one attached hydrogen (secondary N) is 1. The molecule has 3 N–H and O–H groups in total. The van der Waals surface area contributed by atoms with Crippen LogP contribution in [0.4, 0.5) is 0 Å². The van der Waals surface area contributed by atoms with Crippen LogP contribution in [-0.4, -0.2) is 15.9 Å². The summed E-state index contributed by atoms with van der Waals surface area (Å²) in [6, 6.07) is 13.2. The first kappa shape index (κ1) is 17.8. The molecule has 26 heavy (non-hydrogen) atoms. The Morgan fingerprint density at radius 1 is 1.08 bits per heavy atom. The zero-order valence-electron chi connectivity index (χ0n) is 14.7. The molecule has 5 nitrogen and oxygen atoms in total. The largest absolute Gasteiger partial charge is 0.368 e. The van der Waals surface area contributed by atoms with Gasteiger partial charge in [0.25, 0.3) is 0 Å². The second kappa shape index (κ2) is 8.36. The Balaban J connectivity index is 1.77. The highest BCUT2D eigenvalue weighted by atomic mass is 16.1. The van der Waals surface area contributed by atoms with Gasteiger partial charge in [0.05, 0.1) is 0 Å². The van der Waals surface area contributed by atoms with Crippen molar-refractivity contribution >= 4 is 5.91 Å². The molecule has 0 aliphatic heterocycles. The van der Waals surface area contributed by atoms with Crippen LogP contribution in [0.15, 0.2) is 67.3 Å². The van der Waals surface area contributed by atoms with Gasteiger partial charge in [-0.3, -0.25) is 20.1 Å². The molecule has 1 unspecified atom stereocenters. The van der Waals surface area contributed by atoms with E-state index in [2.05, 4.69) is 15.3 Å². The number of aromatic nitrogens is 2. The molecule has 2 aromatic heterocycles. The second-order valence-corrected chi connectivity index (χ2v) is 6.31. The topological polar surface area (TPSA) is 80.9 Å². The van der Waals surface area contributed by atoms with Crippen LogP contribution in [0, 0.1) is 6.92 Å². The molecule has 132 valence electrons. The quantitative estimate of drug-likeness (QED) is 0.689. The van der Waals surface area contributed by atoms with Gasteiger partial charge in [-0.15, -0.1) is 0 Å². The molecular weight excluding hydrogens is 324 g/mol. The molecule has 3 aromatic rings. The lowest BCUT2D eigenvalue weighted by atomic mass is 10.0. The maximum atomic E-state index is 11.9. The summed E-state index contributed by atoms with van der Waals surface area (Å²) < 4.78 is 0. The lowest BCUT2D eigenvalue weighted by Gasteiger charge is -2.18. The molecule has 3 rings (SSSR count). The van der Waals surface area contributed by atoms with Gasteiger partial charge in [0, 0.05) is 37.8 Å². The molecule has 0 saturated carbocycles. The number of hydrogen-bond acceptors (Lipinski definition) is 4. The third-order valence-corrected chi connectivity index (χ3v) is 4.28. The Morgan fingerprint density at radius 3 is 2.65 bits per heavy atom. The molecule has 0 radical (unpaired) electrons. The molecule has 5 heteroatoms. The van der Waals surface area contributed by atoms with Crippen LogP contribution in [0.3, 0.4) is 0 Å². The minimum Gasteiger partial charge on any atom is -0.368 e. The summed E-state index contributed by atoms with van der Waals surface area (Å²) in [6.45, 7) is 2.52. The summed E-state index contributed by atoms with van der Waals surface area (Å²) >= 11 is 0. The first-order valence-electron chi connectivity index (χ1n) is 8.53. The lowest BCUT2D eigenvalue weighted by Crippen LogP contribution is -2.33. The van der Waals surface area contributed by atoms with Gasteiger partial charge in [-0.2, -0.15) is 0 Å². The zero-order valence-corrected chi connectivity index (χ0v) is 14.7. The number of primary amides is 1. The molecule has 0 fully saturated rings. The number of carbonyl (C=O) groups excluding carboxylic acids is 1. The molecule has 0 saturated heterocycles. The van der Waals surface area contributed by atoms with Crippen molar-refractivity contribution in [3.05, 3.63) is 95.1 Å². The van der Waals surface area contributed by atoms with Gasteiger partial charge in [0.15, 0.2) is 0 Å². The molecule has 0 spiro atoms. The Bertz CT molecular complexity index is 880. The molecule has 0 aliphatic carbocycles. The standard InChI is InChI=1S/C21H22N4O/c1-15-4-2-6-17(10-15)20(21(22)26)25-14-18-7-9-24-13-19(18)11-16-5-3-8-23-12-16/h2-10,12-13,20,25H,11,14H2,1H3,(H2,22,26). The summed E-state index contributed by atoms with van der Waals surface area (Å²) in [6.07, 6.45) is 7.97. The third-order valence-electron chi connectivity index (χ3n) is 4.28. The summed E-state index contributed by atoms with van der Waals surface area (Å²) in [4.78, 5) is 20.3. The van der Waals surface area contributed by atoms with Crippen molar-refractivity contribution in [2.24, 2.45) is 5.73 Å². The third kappa shape index (κ3) is 4.52. The van der Waals surface area contributed by atoms with Gasteiger partial charge < -0.3 is 5.73 Å². The monoisotopic (exact) mass is 346 g/mol.